The number of rotatable bonds is 0. The molecule has 1 heterocycles. The summed E-state index contributed by atoms with van der Waals surface area (Å²) in [5, 5.41) is 0. The molecule has 0 spiro atoms. The lowest BCUT2D eigenvalue weighted by Crippen LogP contribution is -2.33. The zero-order valence-electron chi connectivity index (χ0n) is 10.5. The van der Waals surface area contributed by atoms with Crippen LogP contribution in [-0.4, -0.2) is 12.7 Å². The van der Waals surface area contributed by atoms with Crippen LogP contribution in [0.5, 0.6) is 0 Å². The Labute approximate surface area is 88.5 Å². The smallest absolute Gasteiger partial charge is 0.0686 e. The Kier molecular flexibility index (Phi) is 3.10. The normalized spacial score (nSPS) is 24.7. The maximum atomic E-state index is 5.91. The van der Waals surface area contributed by atoms with Crippen LogP contribution >= 0.6 is 0 Å². The zero-order valence-corrected chi connectivity index (χ0v) is 10.5. The van der Waals surface area contributed by atoms with E-state index in [4.69, 9.17) is 4.74 Å². The fourth-order valence-electron chi connectivity index (χ4n) is 1.69. The summed E-state index contributed by atoms with van der Waals surface area (Å²) in [7, 11) is 0. The van der Waals surface area contributed by atoms with Crippen molar-refractivity contribution < 1.29 is 4.74 Å². The van der Waals surface area contributed by atoms with Crippen LogP contribution < -0.4 is 0 Å². The van der Waals surface area contributed by atoms with Gasteiger partial charge >= 0.3 is 0 Å². The lowest BCUT2D eigenvalue weighted by Gasteiger charge is -2.36. The first kappa shape index (κ1) is 11.8. The Morgan fingerprint density at radius 1 is 1.14 bits per heavy atom. The molecule has 1 unspecified atom stereocenters. The average Bonchev–Trinajstić information content (AvgIpc) is 2.01. The highest BCUT2D eigenvalue weighted by Crippen LogP contribution is 2.34. The van der Waals surface area contributed by atoms with Crippen molar-refractivity contribution in [2.45, 2.75) is 54.1 Å². The van der Waals surface area contributed by atoms with E-state index in [9.17, 15) is 0 Å². The van der Waals surface area contributed by atoms with Gasteiger partial charge in [0.25, 0.3) is 0 Å². The van der Waals surface area contributed by atoms with E-state index in [1.54, 1.807) is 0 Å². The molecule has 1 heteroatoms. The Morgan fingerprint density at radius 2 is 1.71 bits per heavy atom. The highest BCUT2D eigenvalue weighted by atomic mass is 16.5. The third-order valence-electron chi connectivity index (χ3n) is 2.95. The Morgan fingerprint density at radius 3 is 2.00 bits per heavy atom. The predicted molar refractivity (Wildman–Crippen MR) is 61.4 cm³/mol. The molecule has 1 nitrogen and oxygen atoms in total. The highest BCUT2D eigenvalue weighted by Gasteiger charge is 2.29. The maximum absolute atomic E-state index is 5.91. The second-order valence-electron chi connectivity index (χ2n) is 6.38. The van der Waals surface area contributed by atoms with E-state index in [0.717, 1.165) is 13.0 Å². The Balaban J connectivity index is 2.65. The second kappa shape index (κ2) is 3.69. The molecule has 0 radical (unpaired) electrons. The molecule has 0 aliphatic carbocycles. The minimum atomic E-state index is 0.264. The fourth-order valence-corrected chi connectivity index (χ4v) is 1.69. The molecule has 1 aliphatic heterocycles. The largest absolute Gasteiger partial charge is 0.373 e. The van der Waals surface area contributed by atoms with Gasteiger partial charge in [0.15, 0.2) is 0 Å². The molecule has 1 rings (SSSR count). The zero-order chi connectivity index (χ0) is 11.0. The van der Waals surface area contributed by atoms with Gasteiger partial charge in [0, 0.05) is 0 Å². The summed E-state index contributed by atoms with van der Waals surface area (Å²) in [4.78, 5) is 0. The Bertz CT molecular complexity index is 225. The van der Waals surface area contributed by atoms with E-state index >= 15 is 0 Å². The first-order valence-electron chi connectivity index (χ1n) is 5.52. The monoisotopic (exact) mass is 196 g/mol. The van der Waals surface area contributed by atoms with E-state index < -0.39 is 0 Å². The van der Waals surface area contributed by atoms with Crippen LogP contribution in [0.2, 0.25) is 0 Å². The van der Waals surface area contributed by atoms with Gasteiger partial charge in [-0.15, -0.1) is 0 Å². The average molecular weight is 196 g/mol. The summed E-state index contributed by atoms with van der Waals surface area (Å²) in [5.41, 5.74) is 1.97. The number of hydrogen-bond donors (Lipinski definition) is 0. The highest BCUT2D eigenvalue weighted by molar-refractivity contribution is 5.14. The fraction of sp³-hybridized carbons (Fsp3) is 0.846. The van der Waals surface area contributed by atoms with E-state index in [1.807, 2.05) is 0 Å². The molecule has 0 saturated heterocycles. The van der Waals surface area contributed by atoms with Crippen LogP contribution in [0, 0.1) is 10.8 Å². The molecule has 0 aromatic carbocycles. The van der Waals surface area contributed by atoms with Crippen LogP contribution in [0.15, 0.2) is 11.6 Å². The van der Waals surface area contributed by atoms with E-state index in [-0.39, 0.29) is 10.8 Å². The van der Waals surface area contributed by atoms with Gasteiger partial charge in [0.05, 0.1) is 12.7 Å². The summed E-state index contributed by atoms with van der Waals surface area (Å²) in [6, 6.07) is 0. The lowest BCUT2D eigenvalue weighted by atomic mass is 9.81. The minimum absolute atomic E-state index is 0.264. The molecule has 0 amide bonds. The van der Waals surface area contributed by atoms with Gasteiger partial charge in [-0.05, 0) is 22.8 Å². The minimum Gasteiger partial charge on any atom is -0.373 e. The van der Waals surface area contributed by atoms with Crippen molar-refractivity contribution in [2.75, 3.05) is 6.61 Å². The van der Waals surface area contributed by atoms with Gasteiger partial charge < -0.3 is 4.74 Å². The first-order chi connectivity index (χ1) is 6.21. The maximum Gasteiger partial charge on any atom is 0.0686 e. The van der Waals surface area contributed by atoms with Crippen LogP contribution in [-0.2, 0) is 4.74 Å². The molecule has 0 bridgehead atoms. The molecular formula is C13H24O. The van der Waals surface area contributed by atoms with E-state index in [0.29, 0.717) is 6.10 Å². The summed E-state index contributed by atoms with van der Waals surface area (Å²) < 4.78 is 5.91. The van der Waals surface area contributed by atoms with Crippen molar-refractivity contribution in [1.29, 1.82) is 0 Å². The van der Waals surface area contributed by atoms with Crippen LogP contribution in [0.4, 0.5) is 0 Å². The van der Waals surface area contributed by atoms with E-state index in [1.165, 1.54) is 5.57 Å². The standard InChI is InChI=1S/C13H24O/c1-12(2,3)10-7-8-11(14-9-10)13(4,5)6/h7,11H,8-9H2,1-6H3. The summed E-state index contributed by atoms with van der Waals surface area (Å²) in [6.45, 7) is 14.3. The molecule has 0 saturated carbocycles. The number of hydrogen-bond acceptors (Lipinski definition) is 1. The molecule has 0 fully saturated rings. The predicted octanol–water partition coefficient (Wildman–Crippen LogP) is 3.79. The van der Waals surface area contributed by atoms with Gasteiger partial charge in [0.1, 0.15) is 0 Å². The Hall–Kier alpha value is -0.300. The van der Waals surface area contributed by atoms with Gasteiger partial charge in [-0.1, -0.05) is 47.6 Å². The molecule has 82 valence electrons. The van der Waals surface area contributed by atoms with E-state index in [2.05, 4.69) is 47.6 Å². The van der Waals surface area contributed by atoms with Gasteiger partial charge in [-0.3, -0.25) is 0 Å². The van der Waals surface area contributed by atoms with Gasteiger partial charge in [-0.25, -0.2) is 0 Å². The molecule has 14 heavy (non-hydrogen) atoms. The first-order valence-corrected chi connectivity index (χ1v) is 5.52. The third-order valence-corrected chi connectivity index (χ3v) is 2.95. The number of ether oxygens (including phenoxy) is 1. The molecular weight excluding hydrogens is 172 g/mol. The molecule has 0 aromatic rings. The molecule has 1 aliphatic rings. The van der Waals surface area contributed by atoms with Crippen LogP contribution in [0.3, 0.4) is 0 Å². The van der Waals surface area contributed by atoms with Crippen molar-refractivity contribution >= 4 is 0 Å². The summed E-state index contributed by atoms with van der Waals surface area (Å²) in [6.07, 6.45) is 3.82. The van der Waals surface area contributed by atoms with Crippen molar-refractivity contribution in [2.24, 2.45) is 10.8 Å². The van der Waals surface area contributed by atoms with Crippen molar-refractivity contribution in [1.82, 2.24) is 0 Å². The molecule has 0 aromatic heterocycles. The molecule has 1 atom stereocenters. The second-order valence-corrected chi connectivity index (χ2v) is 6.38. The third kappa shape index (κ3) is 2.84. The van der Waals surface area contributed by atoms with Gasteiger partial charge in [-0.2, -0.15) is 0 Å². The molecule has 0 N–H and O–H groups in total. The van der Waals surface area contributed by atoms with Crippen molar-refractivity contribution in [3.05, 3.63) is 11.6 Å². The van der Waals surface area contributed by atoms with Crippen LogP contribution in [0.1, 0.15) is 48.0 Å². The topological polar surface area (TPSA) is 9.23 Å². The SMILES string of the molecule is CC(C)(C)C1=CCC(C(C)(C)C)OC1. The van der Waals surface area contributed by atoms with Crippen molar-refractivity contribution in [3.63, 3.8) is 0 Å². The van der Waals surface area contributed by atoms with Crippen molar-refractivity contribution in [3.8, 4) is 0 Å². The quantitative estimate of drug-likeness (QED) is 0.536. The van der Waals surface area contributed by atoms with Crippen LogP contribution in [0.25, 0.3) is 0 Å². The van der Waals surface area contributed by atoms with Gasteiger partial charge in [0.2, 0.25) is 0 Å². The summed E-state index contributed by atoms with van der Waals surface area (Å²) in [5.74, 6) is 0. The summed E-state index contributed by atoms with van der Waals surface area (Å²) >= 11 is 0. The lowest BCUT2D eigenvalue weighted by molar-refractivity contribution is -0.0172.